The molecule has 3 nitrogen and oxygen atoms in total. The van der Waals surface area contributed by atoms with Crippen LogP contribution in [0.1, 0.15) is 26.2 Å². The molecule has 2 heterocycles. The van der Waals surface area contributed by atoms with Crippen molar-refractivity contribution in [3.05, 3.63) is 0 Å². The van der Waals surface area contributed by atoms with Gasteiger partial charge in [0.05, 0.1) is 0 Å². The fourth-order valence-corrected chi connectivity index (χ4v) is 3.21. The highest BCUT2D eigenvalue weighted by molar-refractivity contribution is 4.85. The van der Waals surface area contributed by atoms with Gasteiger partial charge in [-0.05, 0) is 51.2 Å². The summed E-state index contributed by atoms with van der Waals surface area (Å²) in [6, 6.07) is 0.424. The van der Waals surface area contributed by atoms with Crippen molar-refractivity contribution in [1.82, 2.24) is 9.80 Å². The van der Waals surface area contributed by atoms with Gasteiger partial charge in [-0.15, -0.1) is 0 Å². The van der Waals surface area contributed by atoms with E-state index in [1.807, 2.05) is 0 Å². The van der Waals surface area contributed by atoms with E-state index < -0.39 is 0 Å². The number of rotatable bonds is 2. The Labute approximate surface area is 100.0 Å². The van der Waals surface area contributed by atoms with Crippen LogP contribution < -0.4 is 5.73 Å². The lowest BCUT2D eigenvalue weighted by Crippen LogP contribution is -2.51. The van der Waals surface area contributed by atoms with Gasteiger partial charge in [0.25, 0.3) is 0 Å². The molecule has 0 saturated carbocycles. The molecule has 2 rings (SSSR count). The number of nitrogens with zero attached hydrogens (tertiary/aromatic N) is 2. The van der Waals surface area contributed by atoms with Crippen molar-refractivity contribution in [2.24, 2.45) is 17.6 Å². The van der Waals surface area contributed by atoms with Crippen molar-refractivity contribution < 1.29 is 0 Å². The first-order valence-electron chi connectivity index (χ1n) is 6.81. The predicted octanol–water partition coefficient (Wildman–Crippen LogP) is 0.997. The van der Waals surface area contributed by atoms with E-state index in [1.165, 1.54) is 52.0 Å². The van der Waals surface area contributed by atoms with Crippen LogP contribution in [0.15, 0.2) is 0 Å². The van der Waals surface area contributed by atoms with Crippen LogP contribution in [0.4, 0.5) is 0 Å². The first-order chi connectivity index (χ1) is 7.65. The molecular weight excluding hydrogens is 198 g/mol. The van der Waals surface area contributed by atoms with E-state index in [4.69, 9.17) is 5.73 Å². The molecule has 0 amide bonds. The van der Waals surface area contributed by atoms with E-state index >= 15 is 0 Å². The van der Waals surface area contributed by atoms with Crippen LogP contribution in [0.25, 0.3) is 0 Å². The highest BCUT2D eigenvalue weighted by Crippen LogP contribution is 2.20. The second-order valence-corrected chi connectivity index (χ2v) is 5.98. The molecule has 0 spiro atoms. The van der Waals surface area contributed by atoms with Gasteiger partial charge in [-0.25, -0.2) is 0 Å². The van der Waals surface area contributed by atoms with E-state index in [-0.39, 0.29) is 0 Å². The smallest absolute Gasteiger partial charge is 0.0104 e. The van der Waals surface area contributed by atoms with Crippen molar-refractivity contribution >= 4 is 0 Å². The van der Waals surface area contributed by atoms with Crippen LogP contribution in [-0.2, 0) is 0 Å². The van der Waals surface area contributed by atoms with Crippen molar-refractivity contribution in [2.75, 3.05) is 39.8 Å². The summed E-state index contributed by atoms with van der Waals surface area (Å²) in [4.78, 5) is 5.07. The van der Waals surface area contributed by atoms with Gasteiger partial charge in [-0.1, -0.05) is 6.92 Å². The van der Waals surface area contributed by atoms with Crippen LogP contribution in [0.2, 0.25) is 0 Å². The molecule has 2 fully saturated rings. The Morgan fingerprint density at radius 2 is 2.00 bits per heavy atom. The molecule has 3 heteroatoms. The molecule has 2 aliphatic rings. The van der Waals surface area contributed by atoms with Gasteiger partial charge in [-0.3, -0.25) is 0 Å². The number of hydrogen-bond acceptors (Lipinski definition) is 3. The van der Waals surface area contributed by atoms with E-state index in [0.717, 1.165) is 5.92 Å². The third-order valence-corrected chi connectivity index (χ3v) is 4.23. The van der Waals surface area contributed by atoms with E-state index in [1.54, 1.807) is 0 Å². The highest BCUT2D eigenvalue weighted by atomic mass is 15.2. The Kier molecular flexibility index (Phi) is 4.22. The molecule has 2 aliphatic heterocycles. The van der Waals surface area contributed by atoms with E-state index in [2.05, 4.69) is 23.8 Å². The fraction of sp³-hybridized carbons (Fsp3) is 1.00. The number of hydrogen-bond donors (Lipinski definition) is 1. The van der Waals surface area contributed by atoms with Crippen LogP contribution in [-0.4, -0.2) is 55.6 Å². The van der Waals surface area contributed by atoms with Gasteiger partial charge in [0.2, 0.25) is 0 Å². The predicted molar refractivity (Wildman–Crippen MR) is 68.4 cm³/mol. The monoisotopic (exact) mass is 225 g/mol. The minimum Gasteiger partial charge on any atom is -0.327 e. The summed E-state index contributed by atoms with van der Waals surface area (Å²) in [5.41, 5.74) is 6.24. The minimum absolute atomic E-state index is 0.424. The number of likely N-dealkylation sites (tertiary alicyclic amines) is 2. The quantitative estimate of drug-likeness (QED) is 0.761. The zero-order valence-electron chi connectivity index (χ0n) is 10.9. The zero-order valence-corrected chi connectivity index (χ0v) is 10.9. The molecule has 2 saturated heterocycles. The Bertz CT molecular complexity index is 219. The third-order valence-electron chi connectivity index (χ3n) is 4.23. The summed E-state index contributed by atoms with van der Waals surface area (Å²) >= 11 is 0. The van der Waals surface area contributed by atoms with Crippen molar-refractivity contribution in [2.45, 2.75) is 32.2 Å². The summed E-state index contributed by atoms with van der Waals surface area (Å²) in [7, 11) is 2.22. The Balaban J connectivity index is 1.82. The highest BCUT2D eigenvalue weighted by Gasteiger charge is 2.27. The minimum atomic E-state index is 0.424. The molecule has 94 valence electrons. The second kappa shape index (κ2) is 5.48. The summed E-state index contributed by atoms with van der Waals surface area (Å²) in [5, 5.41) is 0. The molecule has 3 atom stereocenters. The molecule has 0 aromatic rings. The molecular formula is C13H27N3. The van der Waals surface area contributed by atoms with E-state index in [0.29, 0.717) is 12.0 Å². The average Bonchev–Trinajstić information content (AvgIpc) is 2.24. The molecule has 2 N–H and O–H groups in total. The summed E-state index contributed by atoms with van der Waals surface area (Å²) in [5.74, 6) is 1.57. The maximum absolute atomic E-state index is 6.24. The third kappa shape index (κ3) is 3.19. The van der Waals surface area contributed by atoms with Gasteiger partial charge < -0.3 is 15.5 Å². The standard InChI is InChI=1S/C13H27N3/c1-11-4-3-6-16(8-11)10-12-9-15(2)7-5-13(12)14/h11-13H,3-10,14H2,1-2H3. The molecule has 16 heavy (non-hydrogen) atoms. The lowest BCUT2D eigenvalue weighted by molar-refractivity contribution is 0.107. The summed E-state index contributed by atoms with van der Waals surface area (Å²) < 4.78 is 0. The van der Waals surface area contributed by atoms with Gasteiger partial charge >= 0.3 is 0 Å². The first kappa shape index (κ1) is 12.3. The molecule has 0 aromatic heterocycles. The van der Waals surface area contributed by atoms with Crippen molar-refractivity contribution in [3.63, 3.8) is 0 Å². The largest absolute Gasteiger partial charge is 0.327 e. The van der Waals surface area contributed by atoms with Crippen LogP contribution in [0.5, 0.6) is 0 Å². The number of piperidine rings is 2. The molecule has 0 aromatic carbocycles. The van der Waals surface area contributed by atoms with Gasteiger partial charge in [-0.2, -0.15) is 0 Å². The topological polar surface area (TPSA) is 32.5 Å². The Hall–Kier alpha value is -0.120. The summed E-state index contributed by atoms with van der Waals surface area (Å²) in [6.45, 7) is 8.53. The molecule has 0 bridgehead atoms. The van der Waals surface area contributed by atoms with Crippen molar-refractivity contribution in [1.29, 1.82) is 0 Å². The lowest BCUT2D eigenvalue weighted by atomic mass is 9.91. The zero-order chi connectivity index (χ0) is 11.5. The Morgan fingerprint density at radius 1 is 1.19 bits per heavy atom. The van der Waals surface area contributed by atoms with Crippen LogP contribution >= 0.6 is 0 Å². The second-order valence-electron chi connectivity index (χ2n) is 5.98. The van der Waals surface area contributed by atoms with Gasteiger partial charge in [0, 0.05) is 25.7 Å². The summed E-state index contributed by atoms with van der Waals surface area (Å²) in [6.07, 6.45) is 3.96. The van der Waals surface area contributed by atoms with Crippen molar-refractivity contribution in [3.8, 4) is 0 Å². The Morgan fingerprint density at radius 3 is 2.75 bits per heavy atom. The molecule has 0 aliphatic carbocycles. The van der Waals surface area contributed by atoms with E-state index in [9.17, 15) is 0 Å². The fourth-order valence-electron chi connectivity index (χ4n) is 3.21. The van der Waals surface area contributed by atoms with Gasteiger partial charge in [0.1, 0.15) is 0 Å². The average molecular weight is 225 g/mol. The van der Waals surface area contributed by atoms with Gasteiger partial charge in [0.15, 0.2) is 0 Å². The maximum Gasteiger partial charge on any atom is 0.0104 e. The van der Waals surface area contributed by atoms with Crippen LogP contribution in [0, 0.1) is 11.8 Å². The normalized spacial score (nSPS) is 38.8. The lowest BCUT2D eigenvalue weighted by Gasteiger charge is -2.39. The SMILES string of the molecule is CC1CCCN(CC2CN(C)CCC2N)C1. The molecule has 0 radical (unpaired) electrons. The molecule has 3 unspecified atom stereocenters. The maximum atomic E-state index is 6.24. The number of nitrogens with two attached hydrogens (primary N) is 1. The first-order valence-corrected chi connectivity index (χ1v) is 6.81. The van der Waals surface area contributed by atoms with Crippen LogP contribution in [0.3, 0.4) is 0 Å².